The van der Waals surface area contributed by atoms with Gasteiger partial charge in [-0.2, -0.15) is 5.26 Å². The third kappa shape index (κ3) is 3.50. The summed E-state index contributed by atoms with van der Waals surface area (Å²) in [6.45, 7) is 5.82. The Morgan fingerprint density at radius 3 is 2.68 bits per heavy atom. The number of nitro groups is 1. The lowest BCUT2D eigenvalue weighted by molar-refractivity contribution is -0.384. The molecule has 9 heteroatoms. The fourth-order valence-electron chi connectivity index (χ4n) is 3.41. The smallest absolute Gasteiger partial charge is 0.270 e. The van der Waals surface area contributed by atoms with E-state index >= 15 is 0 Å². The summed E-state index contributed by atoms with van der Waals surface area (Å²) in [4.78, 5) is 19.6. The van der Waals surface area contributed by atoms with Crippen LogP contribution in [0, 0.1) is 28.4 Å². The normalized spacial score (nSPS) is 14.9. The summed E-state index contributed by atoms with van der Waals surface area (Å²) in [6.07, 6.45) is 0. The van der Waals surface area contributed by atoms with Crippen molar-refractivity contribution in [1.82, 2.24) is 15.0 Å². The highest BCUT2D eigenvalue weighted by Gasteiger charge is 2.21. The monoisotopic (exact) mass is 378 g/mol. The number of piperazine rings is 1. The first-order chi connectivity index (χ1) is 13.5. The van der Waals surface area contributed by atoms with Crippen molar-refractivity contribution in [3.63, 3.8) is 0 Å². The van der Waals surface area contributed by atoms with E-state index in [0.717, 1.165) is 37.6 Å². The van der Waals surface area contributed by atoms with Crippen molar-refractivity contribution in [3.8, 4) is 6.07 Å². The summed E-state index contributed by atoms with van der Waals surface area (Å²) in [7, 11) is 0. The number of nitriles is 1. The van der Waals surface area contributed by atoms with E-state index in [2.05, 4.69) is 26.0 Å². The van der Waals surface area contributed by atoms with Crippen molar-refractivity contribution in [2.24, 2.45) is 0 Å². The van der Waals surface area contributed by atoms with E-state index in [4.69, 9.17) is 4.52 Å². The van der Waals surface area contributed by atoms with Crippen molar-refractivity contribution < 1.29 is 9.45 Å². The minimum atomic E-state index is -0.468. The van der Waals surface area contributed by atoms with E-state index in [1.54, 1.807) is 12.1 Å². The molecule has 3 aromatic rings. The van der Waals surface area contributed by atoms with Crippen LogP contribution < -0.4 is 4.90 Å². The number of pyridine rings is 1. The van der Waals surface area contributed by atoms with Gasteiger partial charge in [-0.25, -0.2) is 4.98 Å². The predicted molar refractivity (Wildman–Crippen MR) is 102 cm³/mol. The number of anilines is 1. The molecule has 0 saturated carbocycles. The summed E-state index contributed by atoms with van der Waals surface area (Å²) in [5.41, 5.74) is 1.80. The van der Waals surface area contributed by atoms with Crippen molar-refractivity contribution in [2.45, 2.75) is 13.5 Å². The highest BCUT2D eigenvalue weighted by Crippen LogP contribution is 2.27. The van der Waals surface area contributed by atoms with E-state index in [1.165, 1.54) is 12.1 Å². The second-order valence-electron chi connectivity index (χ2n) is 6.80. The van der Waals surface area contributed by atoms with Crippen molar-refractivity contribution in [2.75, 3.05) is 31.1 Å². The van der Waals surface area contributed by atoms with Gasteiger partial charge in [-0.05, 0) is 19.1 Å². The summed E-state index contributed by atoms with van der Waals surface area (Å²) in [6, 6.07) is 10.2. The summed E-state index contributed by atoms with van der Waals surface area (Å²) in [5.74, 6) is 1.57. The number of hydrogen-bond acceptors (Lipinski definition) is 8. The number of hydrogen-bond donors (Lipinski definition) is 0. The zero-order valence-electron chi connectivity index (χ0n) is 15.3. The van der Waals surface area contributed by atoms with Gasteiger partial charge in [0.15, 0.2) is 5.76 Å². The van der Waals surface area contributed by atoms with Gasteiger partial charge in [-0.1, -0.05) is 5.16 Å². The Kier molecular flexibility index (Phi) is 4.63. The molecule has 142 valence electrons. The maximum absolute atomic E-state index is 11.0. The van der Waals surface area contributed by atoms with Crippen molar-refractivity contribution in [3.05, 3.63) is 57.5 Å². The second kappa shape index (κ2) is 7.25. The number of rotatable bonds is 4. The molecule has 0 bridgehead atoms. The molecule has 1 saturated heterocycles. The van der Waals surface area contributed by atoms with Gasteiger partial charge in [0, 0.05) is 49.8 Å². The third-order valence-corrected chi connectivity index (χ3v) is 4.86. The van der Waals surface area contributed by atoms with E-state index in [0.29, 0.717) is 28.8 Å². The number of aromatic nitrogens is 2. The van der Waals surface area contributed by atoms with Crippen LogP contribution >= 0.6 is 0 Å². The van der Waals surface area contributed by atoms with Crippen LogP contribution in [0.5, 0.6) is 0 Å². The molecule has 1 aromatic carbocycles. The van der Waals surface area contributed by atoms with Crippen LogP contribution in [0.4, 0.5) is 11.5 Å². The van der Waals surface area contributed by atoms with Crippen LogP contribution in [-0.2, 0) is 6.54 Å². The summed E-state index contributed by atoms with van der Waals surface area (Å²) >= 11 is 0. The van der Waals surface area contributed by atoms with Crippen LogP contribution in [0.15, 0.2) is 34.9 Å². The highest BCUT2D eigenvalue weighted by atomic mass is 16.6. The molecule has 0 amide bonds. The fraction of sp³-hybridized carbons (Fsp3) is 0.316. The molecule has 0 atom stereocenters. The van der Waals surface area contributed by atoms with Gasteiger partial charge in [0.2, 0.25) is 0 Å². The molecule has 0 aliphatic carbocycles. The second-order valence-corrected chi connectivity index (χ2v) is 6.80. The first-order valence-electron chi connectivity index (χ1n) is 8.92. The Bertz CT molecular complexity index is 1080. The molecular formula is C19H18N6O3. The molecular weight excluding hydrogens is 360 g/mol. The average molecular weight is 378 g/mol. The zero-order valence-corrected chi connectivity index (χ0v) is 15.3. The first kappa shape index (κ1) is 17.9. The minimum Gasteiger partial charge on any atom is -0.360 e. The quantitative estimate of drug-likeness (QED) is 0.503. The first-order valence-corrected chi connectivity index (χ1v) is 8.92. The highest BCUT2D eigenvalue weighted by molar-refractivity contribution is 5.88. The van der Waals surface area contributed by atoms with Crippen LogP contribution in [0.1, 0.15) is 17.0 Å². The molecule has 3 heterocycles. The van der Waals surface area contributed by atoms with E-state index < -0.39 is 4.92 Å². The lowest BCUT2D eigenvalue weighted by atomic mass is 10.1. The molecule has 4 rings (SSSR count). The Balaban J connectivity index is 1.52. The van der Waals surface area contributed by atoms with Gasteiger partial charge >= 0.3 is 0 Å². The van der Waals surface area contributed by atoms with Crippen LogP contribution in [0.25, 0.3) is 10.9 Å². The Hall–Kier alpha value is -3.51. The van der Waals surface area contributed by atoms with Crippen LogP contribution in [-0.4, -0.2) is 46.1 Å². The van der Waals surface area contributed by atoms with Gasteiger partial charge in [0.05, 0.1) is 34.3 Å². The van der Waals surface area contributed by atoms with Gasteiger partial charge < -0.3 is 9.42 Å². The SMILES string of the molecule is Cc1cc(CN2CCN(c3cc(C#N)c4cc([N+](=O)[O-])ccc4n3)CC2)on1. The maximum Gasteiger partial charge on any atom is 0.270 e. The number of nitrogens with zero attached hydrogens (tertiary/aromatic N) is 6. The molecule has 0 N–H and O–H groups in total. The van der Waals surface area contributed by atoms with Gasteiger partial charge in [0.1, 0.15) is 5.82 Å². The topological polar surface area (TPSA) is 112 Å². The molecule has 1 fully saturated rings. The van der Waals surface area contributed by atoms with Crippen LogP contribution in [0.2, 0.25) is 0 Å². The van der Waals surface area contributed by atoms with Gasteiger partial charge in [-0.3, -0.25) is 15.0 Å². The van der Waals surface area contributed by atoms with E-state index in [9.17, 15) is 15.4 Å². The molecule has 1 aliphatic heterocycles. The Labute approximate surface area is 160 Å². The molecule has 1 aliphatic rings. The molecule has 2 aromatic heterocycles. The predicted octanol–water partition coefficient (Wildman–Crippen LogP) is 2.63. The summed E-state index contributed by atoms with van der Waals surface area (Å²) in [5, 5.41) is 24.9. The number of fused-ring (bicyclic) bond motifs is 1. The van der Waals surface area contributed by atoms with Crippen LogP contribution in [0.3, 0.4) is 0 Å². The number of benzene rings is 1. The molecule has 0 spiro atoms. The zero-order chi connectivity index (χ0) is 19.7. The fourth-order valence-corrected chi connectivity index (χ4v) is 3.41. The van der Waals surface area contributed by atoms with Gasteiger partial charge in [-0.15, -0.1) is 0 Å². The largest absolute Gasteiger partial charge is 0.360 e. The molecule has 0 unspecified atom stereocenters. The average Bonchev–Trinajstić information content (AvgIpc) is 3.11. The molecule has 9 nitrogen and oxygen atoms in total. The maximum atomic E-state index is 11.0. The minimum absolute atomic E-state index is 0.0465. The Morgan fingerprint density at radius 2 is 2.04 bits per heavy atom. The lowest BCUT2D eigenvalue weighted by Crippen LogP contribution is -2.46. The van der Waals surface area contributed by atoms with Crippen molar-refractivity contribution >= 4 is 22.4 Å². The Morgan fingerprint density at radius 1 is 1.25 bits per heavy atom. The van der Waals surface area contributed by atoms with Crippen molar-refractivity contribution in [1.29, 1.82) is 5.26 Å². The lowest BCUT2D eigenvalue weighted by Gasteiger charge is -2.35. The van der Waals surface area contributed by atoms with Gasteiger partial charge in [0.25, 0.3) is 5.69 Å². The standard InChI is InChI=1S/C19H18N6O3/c1-13-8-16(28-22-13)12-23-4-6-24(7-5-23)19-9-14(11-20)17-10-15(25(26)27)2-3-18(17)21-19/h2-3,8-10H,4-7,12H2,1H3. The van der Waals surface area contributed by atoms with E-state index in [-0.39, 0.29) is 5.69 Å². The summed E-state index contributed by atoms with van der Waals surface area (Å²) < 4.78 is 5.28. The van der Waals surface area contributed by atoms with E-state index in [1.807, 2.05) is 13.0 Å². The molecule has 28 heavy (non-hydrogen) atoms. The number of aryl methyl sites for hydroxylation is 1. The third-order valence-electron chi connectivity index (χ3n) is 4.86. The number of non-ortho nitro benzene ring substituents is 1. The number of nitro benzene ring substituents is 1. The molecule has 0 radical (unpaired) electrons.